The molecule has 1 aliphatic heterocycles. The number of benzene rings is 1. The minimum Gasteiger partial charge on any atom is -0.504 e. The molecular weight excluding hydrogens is 254 g/mol. The molecule has 0 amide bonds. The second-order valence-corrected chi connectivity index (χ2v) is 4.90. The van der Waals surface area contributed by atoms with Crippen molar-refractivity contribution in [3.05, 3.63) is 22.7 Å². The first-order valence-corrected chi connectivity index (χ1v) is 6.40. The lowest BCUT2D eigenvalue weighted by Crippen LogP contribution is -2.34. The molecular formula is C13H18ClNO3. The minimum absolute atomic E-state index is 0.140. The molecule has 1 fully saturated rings. The molecule has 18 heavy (non-hydrogen) atoms. The molecule has 1 aromatic rings. The number of phenolic OH excluding ortho intramolecular Hbond substituents is 1. The molecule has 1 aliphatic rings. The van der Waals surface area contributed by atoms with Crippen LogP contribution in [0.5, 0.6) is 11.5 Å². The van der Waals surface area contributed by atoms with Gasteiger partial charge in [0.25, 0.3) is 0 Å². The summed E-state index contributed by atoms with van der Waals surface area (Å²) < 4.78 is 10.5. The van der Waals surface area contributed by atoms with E-state index in [1.54, 1.807) is 12.1 Å². The molecule has 0 saturated carbocycles. The highest BCUT2D eigenvalue weighted by Gasteiger charge is 2.23. The lowest BCUT2D eigenvalue weighted by molar-refractivity contribution is 0.113. The maximum Gasteiger partial charge on any atom is 0.162 e. The van der Waals surface area contributed by atoms with Gasteiger partial charge in [-0.05, 0) is 19.4 Å². The highest BCUT2D eigenvalue weighted by molar-refractivity contribution is 6.30. The van der Waals surface area contributed by atoms with Gasteiger partial charge in [0.1, 0.15) is 0 Å². The van der Waals surface area contributed by atoms with E-state index in [2.05, 4.69) is 5.32 Å². The van der Waals surface area contributed by atoms with E-state index in [1.165, 1.54) is 7.11 Å². The molecule has 0 bridgehead atoms. The molecule has 0 spiro atoms. The monoisotopic (exact) mass is 271 g/mol. The molecule has 5 heteroatoms. The Labute approximate surface area is 112 Å². The van der Waals surface area contributed by atoms with Gasteiger partial charge in [0.05, 0.1) is 13.2 Å². The average molecular weight is 272 g/mol. The molecule has 2 rings (SSSR count). The Balaban J connectivity index is 2.06. The Bertz CT molecular complexity index is 425. The van der Waals surface area contributed by atoms with E-state index in [1.807, 2.05) is 6.92 Å². The summed E-state index contributed by atoms with van der Waals surface area (Å²) in [7, 11) is 1.51. The number of rotatable bonds is 4. The summed E-state index contributed by atoms with van der Waals surface area (Å²) in [5.74, 6) is 0.538. The Hall–Kier alpha value is -0.970. The van der Waals surface area contributed by atoms with Crippen LogP contribution in [0.4, 0.5) is 0 Å². The van der Waals surface area contributed by atoms with Gasteiger partial charge in [0, 0.05) is 35.8 Å². The van der Waals surface area contributed by atoms with E-state index in [4.69, 9.17) is 21.1 Å². The van der Waals surface area contributed by atoms with Gasteiger partial charge in [0.15, 0.2) is 11.5 Å². The van der Waals surface area contributed by atoms with Crippen molar-refractivity contribution in [2.75, 3.05) is 13.7 Å². The normalized spacial score (nSPS) is 23.3. The van der Waals surface area contributed by atoms with Crippen molar-refractivity contribution in [2.24, 2.45) is 0 Å². The van der Waals surface area contributed by atoms with Gasteiger partial charge in [0.2, 0.25) is 0 Å². The lowest BCUT2D eigenvalue weighted by atomic mass is 10.1. The molecule has 4 nitrogen and oxygen atoms in total. The van der Waals surface area contributed by atoms with Crippen LogP contribution >= 0.6 is 11.6 Å². The van der Waals surface area contributed by atoms with E-state index >= 15 is 0 Å². The first-order valence-electron chi connectivity index (χ1n) is 6.02. The van der Waals surface area contributed by atoms with Gasteiger partial charge >= 0.3 is 0 Å². The van der Waals surface area contributed by atoms with Crippen LogP contribution < -0.4 is 10.1 Å². The fourth-order valence-electron chi connectivity index (χ4n) is 2.16. The third-order valence-corrected chi connectivity index (χ3v) is 3.49. The fourth-order valence-corrected chi connectivity index (χ4v) is 2.39. The predicted octanol–water partition coefficient (Wildman–Crippen LogP) is 2.32. The fraction of sp³-hybridized carbons (Fsp3) is 0.538. The van der Waals surface area contributed by atoms with Crippen molar-refractivity contribution in [2.45, 2.75) is 32.0 Å². The molecule has 2 atom stereocenters. The minimum atomic E-state index is 0.140. The SMILES string of the molecule is COc1cc(Cl)cc(CNC2CCOC2C)c1O. The Morgan fingerprint density at radius 2 is 2.33 bits per heavy atom. The lowest BCUT2D eigenvalue weighted by Gasteiger charge is -2.17. The molecule has 100 valence electrons. The van der Waals surface area contributed by atoms with Crippen LogP contribution in [0.15, 0.2) is 12.1 Å². The van der Waals surface area contributed by atoms with Gasteiger partial charge in [-0.25, -0.2) is 0 Å². The Morgan fingerprint density at radius 3 is 2.94 bits per heavy atom. The van der Waals surface area contributed by atoms with Gasteiger partial charge in [-0.1, -0.05) is 11.6 Å². The predicted molar refractivity (Wildman–Crippen MR) is 70.3 cm³/mol. The van der Waals surface area contributed by atoms with Crippen molar-refractivity contribution in [3.63, 3.8) is 0 Å². The first kappa shape index (κ1) is 13.5. The highest BCUT2D eigenvalue weighted by Crippen LogP contribution is 2.33. The maximum atomic E-state index is 10.00. The first-order chi connectivity index (χ1) is 8.61. The zero-order valence-corrected chi connectivity index (χ0v) is 11.3. The number of halogens is 1. The zero-order valence-electron chi connectivity index (χ0n) is 10.6. The number of hydrogen-bond acceptors (Lipinski definition) is 4. The molecule has 2 unspecified atom stereocenters. The molecule has 0 aliphatic carbocycles. The molecule has 1 aromatic carbocycles. The van der Waals surface area contributed by atoms with Crippen LogP contribution in [0.3, 0.4) is 0 Å². The van der Waals surface area contributed by atoms with Gasteiger partial charge in [-0.3, -0.25) is 0 Å². The summed E-state index contributed by atoms with van der Waals surface area (Å²) in [4.78, 5) is 0. The standard InChI is InChI=1S/C13H18ClNO3/c1-8-11(3-4-18-8)15-7-9-5-10(14)6-12(17-2)13(9)16/h5-6,8,11,15-16H,3-4,7H2,1-2H3. The van der Waals surface area contributed by atoms with Crippen LogP contribution in [0.2, 0.25) is 5.02 Å². The Kier molecular flexibility index (Phi) is 4.32. The summed E-state index contributed by atoms with van der Waals surface area (Å²) in [6.45, 7) is 3.37. The van der Waals surface area contributed by atoms with Gasteiger partial charge < -0.3 is 19.9 Å². The number of hydrogen-bond donors (Lipinski definition) is 2. The van der Waals surface area contributed by atoms with Crippen LogP contribution in [-0.4, -0.2) is 31.0 Å². The van der Waals surface area contributed by atoms with E-state index in [-0.39, 0.29) is 11.9 Å². The van der Waals surface area contributed by atoms with Crippen molar-refractivity contribution >= 4 is 11.6 Å². The summed E-state index contributed by atoms with van der Waals surface area (Å²) in [5, 5.41) is 13.9. The van der Waals surface area contributed by atoms with Crippen LogP contribution in [0.1, 0.15) is 18.9 Å². The summed E-state index contributed by atoms with van der Waals surface area (Å²) in [5.41, 5.74) is 0.735. The largest absolute Gasteiger partial charge is 0.504 e. The zero-order chi connectivity index (χ0) is 13.1. The van der Waals surface area contributed by atoms with Crippen LogP contribution in [-0.2, 0) is 11.3 Å². The molecule has 1 heterocycles. The number of ether oxygens (including phenoxy) is 2. The number of aromatic hydroxyl groups is 1. The van der Waals surface area contributed by atoms with Crippen LogP contribution in [0, 0.1) is 0 Å². The topological polar surface area (TPSA) is 50.7 Å². The second kappa shape index (κ2) is 5.78. The maximum absolute atomic E-state index is 10.00. The number of methoxy groups -OCH3 is 1. The molecule has 1 saturated heterocycles. The van der Waals surface area contributed by atoms with Gasteiger partial charge in [-0.2, -0.15) is 0 Å². The number of phenols is 1. The number of nitrogens with one attached hydrogen (secondary N) is 1. The molecule has 0 radical (unpaired) electrons. The Morgan fingerprint density at radius 1 is 1.56 bits per heavy atom. The smallest absolute Gasteiger partial charge is 0.162 e. The quantitative estimate of drug-likeness (QED) is 0.882. The van der Waals surface area contributed by atoms with Crippen molar-refractivity contribution in [1.82, 2.24) is 5.32 Å². The third-order valence-electron chi connectivity index (χ3n) is 3.27. The summed E-state index contributed by atoms with van der Waals surface area (Å²) in [6.07, 6.45) is 1.19. The van der Waals surface area contributed by atoms with Crippen LogP contribution in [0.25, 0.3) is 0 Å². The summed E-state index contributed by atoms with van der Waals surface area (Å²) in [6, 6.07) is 3.66. The average Bonchev–Trinajstić information content (AvgIpc) is 2.75. The molecule has 0 aromatic heterocycles. The van der Waals surface area contributed by atoms with E-state index < -0.39 is 0 Å². The second-order valence-electron chi connectivity index (χ2n) is 4.47. The van der Waals surface area contributed by atoms with E-state index in [0.29, 0.717) is 23.4 Å². The van der Waals surface area contributed by atoms with Crippen molar-refractivity contribution in [3.8, 4) is 11.5 Å². The third kappa shape index (κ3) is 2.88. The van der Waals surface area contributed by atoms with E-state index in [9.17, 15) is 5.11 Å². The molecule has 2 N–H and O–H groups in total. The highest BCUT2D eigenvalue weighted by atomic mass is 35.5. The van der Waals surface area contributed by atoms with E-state index in [0.717, 1.165) is 18.6 Å². The van der Waals surface area contributed by atoms with Gasteiger partial charge in [-0.15, -0.1) is 0 Å². The van der Waals surface area contributed by atoms with Crippen molar-refractivity contribution < 1.29 is 14.6 Å². The van der Waals surface area contributed by atoms with Crippen molar-refractivity contribution in [1.29, 1.82) is 0 Å². The summed E-state index contributed by atoms with van der Waals surface area (Å²) >= 11 is 5.98.